The summed E-state index contributed by atoms with van der Waals surface area (Å²) in [7, 11) is 0. The molecule has 0 aliphatic rings. The van der Waals surface area contributed by atoms with Crippen molar-refractivity contribution in [3.63, 3.8) is 0 Å². The second-order valence-corrected chi connectivity index (χ2v) is 9.86. The van der Waals surface area contributed by atoms with Crippen LogP contribution in [0.3, 0.4) is 0 Å². The predicted octanol–water partition coefficient (Wildman–Crippen LogP) is 5.18. The molecule has 0 saturated carbocycles. The van der Waals surface area contributed by atoms with Crippen LogP contribution in [0, 0.1) is 20.8 Å². The van der Waals surface area contributed by atoms with Gasteiger partial charge in [0.1, 0.15) is 22.4 Å². The highest BCUT2D eigenvalue weighted by molar-refractivity contribution is 9.10. The number of benzene rings is 1. The zero-order valence-electron chi connectivity index (χ0n) is 20.3. The van der Waals surface area contributed by atoms with Gasteiger partial charge in [-0.05, 0) is 73.8 Å². The van der Waals surface area contributed by atoms with Crippen molar-refractivity contribution < 1.29 is 9.84 Å². The molecule has 35 heavy (non-hydrogen) atoms. The zero-order valence-corrected chi connectivity index (χ0v) is 21.9. The average Bonchev–Trinajstić information content (AvgIpc) is 2.80. The van der Waals surface area contributed by atoms with Gasteiger partial charge in [0.25, 0.3) is 5.56 Å². The van der Waals surface area contributed by atoms with Crippen LogP contribution in [-0.4, -0.2) is 24.6 Å². The molecule has 0 spiro atoms. The van der Waals surface area contributed by atoms with Crippen LogP contribution in [0.1, 0.15) is 42.1 Å². The number of hydrogen-bond acceptors (Lipinski definition) is 6. The fourth-order valence-corrected chi connectivity index (χ4v) is 4.16. The Hall–Kier alpha value is -3.36. The van der Waals surface area contributed by atoms with Gasteiger partial charge in [0.2, 0.25) is 0 Å². The Labute approximate surface area is 212 Å². The summed E-state index contributed by atoms with van der Waals surface area (Å²) in [6.07, 6.45) is 3.30. The lowest BCUT2D eigenvalue weighted by Gasteiger charge is -2.17. The van der Waals surface area contributed by atoms with E-state index >= 15 is 0 Å². The summed E-state index contributed by atoms with van der Waals surface area (Å²) in [6.45, 7) is 9.39. The number of aromatic nitrogens is 4. The number of rotatable bonds is 6. The molecule has 1 N–H and O–H groups in total. The summed E-state index contributed by atoms with van der Waals surface area (Å²) in [6, 6.07) is 13.5. The second kappa shape index (κ2) is 9.71. The number of hydrogen-bond donors (Lipinski definition) is 1. The standard InChI is InChI=1S/C27H27BrN4O3/c1-16-7-6-8-19(11-16)15-35-22-12-18(3)32(25(33)23(22)28)20-9-10-29-21(13-20)24-17(2)14-30-26(31-24)27(4,5)34/h6-14,34H,15H2,1-5H3. The third kappa shape index (κ3) is 5.33. The Morgan fingerprint density at radius 3 is 2.57 bits per heavy atom. The molecular formula is C27H27BrN4O3. The summed E-state index contributed by atoms with van der Waals surface area (Å²) in [5.74, 6) is 0.789. The van der Waals surface area contributed by atoms with Gasteiger partial charge in [-0.3, -0.25) is 14.3 Å². The maximum atomic E-state index is 13.3. The molecule has 1 aromatic carbocycles. The summed E-state index contributed by atoms with van der Waals surface area (Å²) in [4.78, 5) is 26.6. The molecule has 3 heterocycles. The van der Waals surface area contributed by atoms with Gasteiger partial charge < -0.3 is 9.84 Å². The monoisotopic (exact) mass is 534 g/mol. The molecule has 0 saturated heterocycles. The lowest BCUT2D eigenvalue weighted by molar-refractivity contribution is 0.0688. The van der Waals surface area contributed by atoms with E-state index in [0.29, 0.717) is 45.4 Å². The summed E-state index contributed by atoms with van der Waals surface area (Å²) in [5, 5.41) is 10.3. The van der Waals surface area contributed by atoms with Crippen LogP contribution in [0.5, 0.6) is 5.75 Å². The van der Waals surface area contributed by atoms with Crippen molar-refractivity contribution in [3.8, 4) is 22.8 Å². The SMILES string of the molecule is Cc1cccc(COc2cc(C)n(-c3ccnc(-c4nc(C(C)(C)O)ncc4C)c3)c(=O)c2Br)c1. The van der Waals surface area contributed by atoms with E-state index in [-0.39, 0.29) is 5.56 Å². The van der Waals surface area contributed by atoms with E-state index in [1.54, 1.807) is 42.9 Å². The highest BCUT2D eigenvalue weighted by Gasteiger charge is 2.22. The Balaban J connectivity index is 1.71. The number of aliphatic hydroxyl groups is 1. The Morgan fingerprint density at radius 2 is 1.86 bits per heavy atom. The van der Waals surface area contributed by atoms with E-state index in [2.05, 4.69) is 36.9 Å². The van der Waals surface area contributed by atoms with Crippen molar-refractivity contribution in [2.75, 3.05) is 0 Å². The molecule has 0 atom stereocenters. The highest BCUT2D eigenvalue weighted by atomic mass is 79.9. The first-order valence-corrected chi connectivity index (χ1v) is 12.0. The second-order valence-electron chi connectivity index (χ2n) is 9.07. The number of aryl methyl sites for hydroxylation is 3. The smallest absolute Gasteiger partial charge is 0.273 e. The van der Waals surface area contributed by atoms with Gasteiger partial charge in [0.15, 0.2) is 5.82 Å². The van der Waals surface area contributed by atoms with Crippen LogP contribution in [-0.2, 0) is 12.2 Å². The first-order valence-electron chi connectivity index (χ1n) is 11.2. The summed E-state index contributed by atoms with van der Waals surface area (Å²) < 4.78 is 7.91. The summed E-state index contributed by atoms with van der Waals surface area (Å²) >= 11 is 3.43. The van der Waals surface area contributed by atoms with Crippen molar-refractivity contribution in [2.45, 2.75) is 46.8 Å². The average molecular weight is 535 g/mol. The molecule has 0 amide bonds. The Morgan fingerprint density at radius 1 is 1.09 bits per heavy atom. The number of halogens is 1. The summed E-state index contributed by atoms with van der Waals surface area (Å²) in [5.41, 5.74) is 4.11. The molecule has 8 heteroatoms. The van der Waals surface area contributed by atoms with E-state index < -0.39 is 5.60 Å². The molecule has 4 rings (SSSR count). The molecule has 0 fully saturated rings. The van der Waals surface area contributed by atoms with Crippen LogP contribution in [0.25, 0.3) is 17.1 Å². The van der Waals surface area contributed by atoms with Gasteiger partial charge in [-0.15, -0.1) is 0 Å². The van der Waals surface area contributed by atoms with Crippen LogP contribution < -0.4 is 10.3 Å². The van der Waals surface area contributed by atoms with Gasteiger partial charge in [-0.2, -0.15) is 0 Å². The molecule has 0 radical (unpaired) electrons. The van der Waals surface area contributed by atoms with Gasteiger partial charge >= 0.3 is 0 Å². The Kier molecular flexibility index (Phi) is 6.87. The van der Waals surface area contributed by atoms with E-state index in [4.69, 9.17) is 4.74 Å². The predicted molar refractivity (Wildman–Crippen MR) is 139 cm³/mol. The molecule has 0 bridgehead atoms. The van der Waals surface area contributed by atoms with Crippen LogP contribution in [0.2, 0.25) is 0 Å². The molecule has 7 nitrogen and oxygen atoms in total. The van der Waals surface area contributed by atoms with Crippen molar-refractivity contribution in [1.29, 1.82) is 0 Å². The molecule has 3 aromatic heterocycles. The van der Waals surface area contributed by atoms with Gasteiger partial charge in [-0.1, -0.05) is 29.8 Å². The first kappa shape index (κ1) is 24.8. The van der Waals surface area contributed by atoms with E-state index in [1.807, 2.05) is 45.0 Å². The third-order valence-corrected chi connectivity index (χ3v) is 6.27. The van der Waals surface area contributed by atoms with Crippen LogP contribution in [0.15, 0.2) is 64.1 Å². The minimum atomic E-state index is -1.19. The Bertz CT molecular complexity index is 1460. The molecule has 0 aliphatic carbocycles. The molecule has 4 aromatic rings. The van der Waals surface area contributed by atoms with Crippen LogP contribution in [0.4, 0.5) is 0 Å². The molecular weight excluding hydrogens is 508 g/mol. The van der Waals surface area contributed by atoms with Crippen molar-refractivity contribution >= 4 is 15.9 Å². The number of ether oxygens (including phenoxy) is 1. The minimum Gasteiger partial charge on any atom is -0.487 e. The molecule has 0 aliphatic heterocycles. The fraction of sp³-hybridized carbons (Fsp3) is 0.259. The van der Waals surface area contributed by atoms with E-state index in [1.165, 1.54) is 0 Å². The van der Waals surface area contributed by atoms with Gasteiger partial charge in [0.05, 0.1) is 17.1 Å². The zero-order chi connectivity index (χ0) is 25.3. The van der Waals surface area contributed by atoms with Gasteiger partial charge in [-0.25, -0.2) is 9.97 Å². The maximum Gasteiger partial charge on any atom is 0.273 e. The van der Waals surface area contributed by atoms with Crippen molar-refractivity contribution in [1.82, 2.24) is 19.5 Å². The number of pyridine rings is 2. The largest absolute Gasteiger partial charge is 0.487 e. The molecule has 180 valence electrons. The van der Waals surface area contributed by atoms with Crippen LogP contribution >= 0.6 is 15.9 Å². The molecule has 0 unspecified atom stereocenters. The lowest BCUT2D eigenvalue weighted by atomic mass is 10.1. The quantitative estimate of drug-likeness (QED) is 0.366. The van der Waals surface area contributed by atoms with E-state index in [0.717, 1.165) is 16.7 Å². The number of nitrogens with zero attached hydrogens (tertiary/aromatic N) is 4. The topological polar surface area (TPSA) is 90.1 Å². The van der Waals surface area contributed by atoms with E-state index in [9.17, 15) is 9.90 Å². The maximum absolute atomic E-state index is 13.3. The highest BCUT2D eigenvalue weighted by Crippen LogP contribution is 2.27. The first-order chi connectivity index (χ1) is 16.5. The van der Waals surface area contributed by atoms with Crippen molar-refractivity contribution in [2.24, 2.45) is 0 Å². The normalized spacial score (nSPS) is 11.5. The minimum absolute atomic E-state index is 0.238. The van der Waals surface area contributed by atoms with Gasteiger partial charge in [0, 0.05) is 24.2 Å². The lowest BCUT2D eigenvalue weighted by Crippen LogP contribution is -2.22. The fourth-order valence-electron chi connectivity index (χ4n) is 3.75. The third-order valence-electron chi connectivity index (χ3n) is 5.54. The van der Waals surface area contributed by atoms with Crippen molar-refractivity contribution in [3.05, 3.63) is 97.9 Å².